The highest BCUT2D eigenvalue weighted by atomic mass is 19.4. The number of hydrogen-bond donors (Lipinski definition) is 0. The first-order valence-electron chi connectivity index (χ1n) is 8.35. The number of fused-ring (bicyclic) bond motifs is 1. The van der Waals surface area contributed by atoms with Crippen molar-refractivity contribution in [2.24, 2.45) is 5.41 Å². The van der Waals surface area contributed by atoms with Crippen molar-refractivity contribution in [3.63, 3.8) is 0 Å². The Hall–Kier alpha value is -2.81. The molecule has 140 valence electrons. The van der Waals surface area contributed by atoms with Gasteiger partial charge in [0.05, 0.1) is 53.5 Å². The number of ether oxygens (including phenoxy) is 1. The average Bonchev–Trinajstić information content (AvgIpc) is 3.20. The minimum absolute atomic E-state index is 0.172. The second kappa shape index (κ2) is 5.35. The summed E-state index contributed by atoms with van der Waals surface area (Å²) in [6.45, 7) is 7.09. The van der Waals surface area contributed by atoms with Crippen molar-refractivity contribution in [2.45, 2.75) is 6.18 Å². The summed E-state index contributed by atoms with van der Waals surface area (Å²) in [5.74, 6) is 0.225. The highest BCUT2D eigenvalue weighted by molar-refractivity contribution is 5.77. The molecule has 5 rings (SSSR count). The van der Waals surface area contributed by atoms with Gasteiger partial charge >= 0.3 is 6.18 Å². The predicted octanol–water partition coefficient (Wildman–Crippen LogP) is 3.31. The number of aromatic nitrogens is 3. The van der Waals surface area contributed by atoms with Crippen LogP contribution in [0.1, 0.15) is 11.3 Å². The maximum atomic E-state index is 13.4. The van der Waals surface area contributed by atoms with Crippen molar-refractivity contribution < 1.29 is 22.3 Å². The summed E-state index contributed by atoms with van der Waals surface area (Å²) in [7, 11) is 0. The second-order valence-corrected chi connectivity index (χ2v) is 7.14. The summed E-state index contributed by atoms with van der Waals surface area (Å²) in [5.41, 5.74) is 1.13. The van der Waals surface area contributed by atoms with E-state index in [0.29, 0.717) is 17.0 Å². The number of likely N-dealkylation sites (tertiary alicyclic amines) is 1. The molecule has 0 N–H and O–H groups in total. The zero-order valence-corrected chi connectivity index (χ0v) is 14.2. The Balaban J connectivity index is 1.60. The van der Waals surface area contributed by atoms with E-state index in [-0.39, 0.29) is 16.7 Å². The molecule has 0 bridgehead atoms. The van der Waals surface area contributed by atoms with Gasteiger partial charge in [0.1, 0.15) is 5.65 Å². The Morgan fingerprint density at radius 3 is 2.59 bits per heavy atom. The number of hydrogen-bond acceptors (Lipinski definition) is 5. The van der Waals surface area contributed by atoms with E-state index in [4.69, 9.17) is 9.15 Å². The number of rotatable bonds is 3. The summed E-state index contributed by atoms with van der Waals surface area (Å²) in [4.78, 5) is 10.2. The first-order chi connectivity index (χ1) is 12.9. The van der Waals surface area contributed by atoms with Gasteiger partial charge in [-0.2, -0.15) is 13.2 Å². The highest BCUT2D eigenvalue weighted by Crippen LogP contribution is 2.42. The minimum Gasteiger partial charge on any atom is -0.443 e. The Kier molecular flexibility index (Phi) is 3.24. The molecule has 2 saturated heterocycles. The van der Waals surface area contributed by atoms with Crippen LogP contribution in [0.25, 0.3) is 22.7 Å². The fourth-order valence-corrected chi connectivity index (χ4v) is 3.68. The van der Waals surface area contributed by atoms with Crippen LogP contribution in [-0.2, 0) is 10.9 Å². The van der Waals surface area contributed by atoms with Crippen molar-refractivity contribution >= 4 is 11.3 Å². The van der Waals surface area contributed by atoms with Crippen LogP contribution in [0.5, 0.6) is 0 Å². The molecule has 0 unspecified atom stereocenters. The molecule has 27 heavy (non-hydrogen) atoms. The third-order valence-electron chi connectivity index (χ3n) is 5.18. The summed E-state index contributed by atoms with van der Waals surface area (Å²) in [6, 6.07) is 1.03. The molecule has 3 aromatic heterocycles. The van der Waals surface area contributed by atoms with E-state index in [1.54, 1.807) is 6.20 Å². The van der Waals surface area contributed by atoms with E-state index < -0.39 is 11.7 Å². The number of alkyl halides is 3. The zero-order valence-electron chi connectivity index (χ0n) is 14.2. The lowest BCUT2D eigenvalue weighted by Crippen LogP contribution is -2.64. The molecule has 6 nitrogen and oxygen atoms in total. The molecule has 0 atom stereocenters. The van der Waals surface area contributed by atoms with Crippen LogP contribution in [0.4, 0.5) is 13.2 Å². The number of nitrogens with zero attached hydrogens (tertiary/aromatic N) is 4. The molecule has 3 aromatic rings. The molecule has 2 fully saturated rings. The van der Waals surface area contributed by atoms with Gasteiger partial charge in [-0.1, -0.05) is 6.58 Å². The molecule has 2 aliphatic rings. The van der Waals surface area contributed by atoms with Crippen molar-refractivity contribution in [2.75, 3.05) is 26.3 Å². The largest absolute Gasteiger partial charge is 0.443 e. The van der Waals surface area contributed by atoms with E-state index >= 15 is 0 Å². The second-order valence-electron chi connectivity index (χ2n) is 7.14. The first-order valence-corrected chi connectivity index (χ1v) is 8.35. The van der Waals surface area contributed by atoms with Crippen LogP contribution >= 0.6 is 0 Å². The van der Waals surface area contributed by atoms with Gasteiger partial charge < -0.3 is 14.1 Å². The fourth-order valence-electron chi connectivity index (χ4n) is 3.68. The standard InChI is InChI=1S/C18H15F3N4O2/c1-11(24-6-17(7-24)8-26-9-17)14-3-23-16-13(15-4-22-10-27-15)2-12(5-25(14)16)18(19,20)21/h2-5,10H,1,6-9H2. The third kappa shape index (κ3) is 2.45. The normalized spacial score (nSPS) is 18.6. The Morgan fingerprint density at radius 1 is 1.22 bits per heavy atom. The molecule has 0 aromatic carbocycles. The molecule has 5 heterocycles. The van der Waals surface area contributed by atoms with Gasteiger partial charge in [0, 0.05) is 19.3 Å². The van der Waals surface area contributed by atoms with Crippen LogP contribution in [-0.4, -0.2) is 45.6 Å². The Labute approximate surface area is 151 Å². The number of halogens is 3. The monoisotopic (exact) mass is 376 g/mol. The fraction of sp³-hybridized carbons (Fsp3) is 0.333. The van der Waals surface area contributed by atoms with Crippen molar-refractivity contribution in [3.05, 3.63) is 48.9 Å². The van der Waals surface area contributed by atoms with Gasteiger partial charge in [0.15, 0.2) is 12.2 Å². The van der Waals surface area contributed by atoms with Crippen LogP contribution < -0.4 is 0 Å². The molecule has 9 heteroatoms. The molecule has 0 saturated carbocycles. The van der Waals surface area contributed by atoms with Crippen molar-refractivity contribution in [3.8, 4) is 11.3 Å². The molecule has 0 aliphatic carbocycles. The number of oxazole rings is 1. The van der Waals surface area contributed by atoms with Crippen LogP contribution in [0.15, 0.2) is 42.0 Å². The first kappa shape index (κ1) is 16.4. The van der Waals surface area contributed by atoms with Gasteiger partial charge in [0.25, 0.3) is 0 Å². The lowest BCUT2D eigenvalue weighted by atomic mass is 9.77. The lowest BCUT2D eigenvalue weighted by molar-refractivity contribution is -0.173. The summed E-state index contributed by atoms with van der Waals surface area (Å²) < 4.78 is 52.2. The van der Waals surface area contributed by atoms with E-state index in [0.717, 1.165) is 38.6 Å². The highest BCUT2D eigenvalue weighted by Gasteiger charge is 2.49. The smallest absolute Gasteiger partial charge is 0.417 e. The molecule has 2 aliphatic heterocycles. The maximum Gasteiger partial charge on any atom is 0.417 e. The summed E-state index contributed by atoms with van der Waals surface area (Å²) in [6.07, 6.45) is 0.629. The van der Waals surface area contributed by atoms with Crippen molar-refractivity contribution in [1.29, 1.82) is 0 Å². The van der Waals surface area contributed by atoms with Crippen molar-refractivity contribution in [1.82, 2.24) is 19.3 Å². The number of pyridine rings is 1. The third-order valence-corrected chi connectivity index (χ3v) is 5.18. The summed E-state index contributed by atoms with van der Waals surface area (Å²) >= 11 is 0. The van der Waals surface area contributed by atoms with Crippen LogP contribution in [0.3, 0.4) is 0 Å². The Bertz CT molecular complexity index is 1030. The quantitative estimate of drug-likeness (QED) is 0.702. The van der Waals surface area contributed by atoms with Crippen LogP contribution in [0, 0.1) is 5.41 Å². The van der Waals surface area contributed by atoms with Gasteiger partial charge in [-0.3, -0.25) is 4.40 Å². The summed E-state index contributed by atoms with van der Waals surface area (Å²) in [5, 5.41) is 0. The minimum atomic E-state index is -4.50. The van der Waals surface area contributed by atoms with E-state index in [9.17, 15) is 13.2 Å². The number of imidazole rings is 1. The maximum absolute atomic E-state index is 13.4. The van der Waals surface area contributed by atoms with E-state index in [1.165, 1.54) is 17.0 Å². The predicted molar refractivity (Wildman–Crippen MR) is 89.6 cm³/mol. The van der Waals surface area contributed by atoms with Gasteiger partial charge in [-0.05, 0) is 6.07 Å². The zero-order chi connectivity index (χ0) is 18.8. The lowest BCUT2D eigenvalue weighted by Gasteiger charge is -2.56. The molecular weight excluding hydrogens is 361 g/mol. The topological polar surface area (TPSA) is 55.8 Å². The molecule has 0 amide bonds. The SMILES string of the molecule is C=C(c1cnc2c(-c3cnco3)cc(C(F)(F)F)cn12)N1CC2(COC2)C1. The average molecular weight is 376 g/mol. The molecular formula is C18H15F3N4O2. The van der Waals surface area contributed by atoms with E-state index in [1.807, 2.05) is 4.90 Å². The van der Waals surface area contributed by atoms with Crippen LogP contribution in [0.2, 0.25) is 0 Å². The van der Waals surface area contributed by atoms with Gasteiger partial charge in [0.2, 0.25) is 0 Å². The van der Waals surface area contributed by atoms with E-state index in [2.05, 4.69) is 16.5 Å². The Morgan fingerprint density at radius 2 is 2.00 bits per heavy atom. The van der Waals surface area contributed by atoms with Gasteiger partial charge in [-0.25, -0.2) is 9.97 Å². The molecule has 0 radical (unpaired) electrons. The molecule has 1 spiro atoms. The van der Waals surface area contributed by atoms with Gasteiger partial charge in [-0.15, -0.1) is 0 Å².